The maximum Gasteiger partial charge on any atom is 0.250 e. The van der Waals surface area contributed by atoms with E-state index < -0.39 is 10.0 Å². The molecule has 6 heteroatoms. The minimum Gasteiger partial charge on any atom is -0.312 e. The van der Waals surface area contributed by atoms with E-state index in [2.05, 4.69) is 10.0 Å². The lowest BCUT2D eigenvalue weighted by Gasteiger charge is -2.25. The highest BCUT2D eigenvalue weighted by Gasteiger charge is 2.22. The molecule has 0 atom stereocenters. The van der Waals surface area contributed by atoms with Crippen LogP contribution in [0.15, 0.2) is 16.3 Å². The van der Waals surface area contributed by atoms with Crippen LogP contribution in [0.1, 0.15) is 31.1 Å². The van der Waals surface area contributed by atoms with Crippen LogP contribution in [0.2, 0.25) is 0 Å². The first-order chi connectivity index (χ1) is 8.62. The molecule has 0 aromatic carbocycles. The van der Waals surface area contributed by atoms with Crippen molar-refractivity contribution < 1.29 is 8.42 Å². The summed E-state index contributed by atoms with van der Waals surface area (Å²) in [7, 11) is -3.30. The Bertz CT molecular complexity index is 478. The van der Waals surface area contributed by atoms with E-state index in [1.807, 2.05) is 13.0 Å². The van der Waals surface area contributed by atoms with Gasteiger partial charge in [-0.2, -0.15) is 0 Å². The van der Waals surface area contributed by atoms with Crippen molar-refractivity contribution in [2.45, 2.75) is 36.9 Å². The maximum atomic E-state index is 12.0. The van der Waals surface area contributed by atoms with E-state index in [1.54, 1.807) is 6.07 Å². The molecule has 1 aliphatic rings. The average molecular weight is 288 g/mol. The zero-order valence-corrected chi connectivity index (χ0v) is 12.2. The summed E-state index contributed by atoms with van der Waals surface area (Å²) in [6, 6.07) is 3.58. The number of nitrogens with one attached hydrogen (secondary N) is 2. The van der Waals surface area contributed by atoms with Crippen LogP contribution < -0.4 is 10.0 Å². The second kappa shape index (κ2) is 6.14. The third-order valence-corrected chi connectivity index (χ3v) is 6.24. The first-order valence-electron chi connectivity index (χ1n) is 6.41. The molecule has 0 bridgehead atoms. The zero-order chi connectivity index (χ0) is 13.0. The van der Waals surface area contributed by atoms with E-state index in [0.29, 0.717) is 16.7 Å². The maximum absolute atomic E-state index is 12.0. The molecule has 1 fully saturated rings. The van der Waals surface area contributed by atoms with Gasteiger partial charge in [0.2, 0.25) is 10.0 Å². The van der Waals surface area contributed by atoms with Gasteiger partial charge in [-0.3, -0.25) is 0 Å². The fraction of sp³-hybridized carbons (Fsp3) is 0.667. The molecule has 102 valence electrons. The molecule has 0 unspecified atom stereocenters. The summed E-state index contributed by atoms with van der Waals surface area (Å²) in [6.07, 6.45) is 3.54. The van der Waals surface area contributed by atoms with Crippen LogP contribution in [0, 0.1) is 5.92 Å². The molecule has 0 spiro atoms. The van der Waals surface area contributed by atoms with Gasteiger partial charge in [0.05, 0.1) is 0 Å². The van der Waals surface area contributed by atoms with Crippen molar-refractivity contribution in [1.29, 1.82) is 0 Å². The Kier molecular flexibility index (Phi) is 4.77. The molecule has 1 saturated carbocycles. The molecule has 0 amide bonds. The lowest BCUT2D eigenvalue weighted by atomic mass is 9.86. The van der Waals surface area contributed by atoms with E-state index in [4.69, 9.17) is 0 Å². The first kappa shape index (κ1) is 14.0. The molecule has 0 saturated heterocycles. The lowest BCUT2D eigenvalue weighted by Crippen LogP contribution is -2.31. The molecule has 2 rings (SSSR count). The Hall–Kier alpha value is -0.430. The van der Waals surface area contributed by atoms with Gasteiger partial charge in [0, 0.05) is 18.0 Å². The van der Waals surface area contributed by atoms with Gasteiger partial charge in [0.25, 0.3) is 0 Å². The van der Waals surface area contributed by atoms with Crippen molar-refractivity contribution in [3.63, 3.8) is 0 Å². The smallest absolute Gasteiger partial charge is 0.250 e. The van der Waals surface area contributed by atoms with E-state index in [9.17, 15) is 8.42 Å². The van der Waals surface area contributed by atoms with E-state index >= 15 is 0 Å². The quantitative estimate of drug-likeness (QED) is 0.806. The van der Waals surface area contributed by atoms with Gasteiger partial charge in [-0.25, -0.2) is 13.1 Å². The van der Waals surface area contributed by atoms with Crippen molar-refractivity contribution in [3.05, 3.63) is 17.0 Å². The first-order valence-corrected chi connectivity index (χ1v) is 8.71. The van der Waals surface area contributed by atoms with Crippen molar-refractivity contribution in [3.8, 4) is 0 Å². The Labute approximate surface area is 113 Å². The topological polar surface area (TPSA) is 58.2 Å². The average Bonchev–Trinajstić information content (AvgIpc) is 2.73. The minimum absolute atomic E-state index is 0.426. The largest absolute Gasteiger partial charge is 0.312 e. The minimum atomic E-state index is -3.30. The van der Waals surface area contributed by atoms with Gasteiger partial charge in [-0.15, -0.1) is 11.3 Å². The van der Waals surface area contributed by atoms with Gasteiger partial charge in [0.15, 0.2) is 0 Å². The number of thiophene rings is 1. The molecule has 2 N–H and O–H groups in total. The molecule has 1 aromatic rings. The van der Waals surface area contributed by atoms with Gasteiger partial charge < -0.3 is 5.32 Å². The van der Waals surface area contributed by atoms with Gasteiger partial charge in [-0.1, -0.05) is 13.3 Å². The van der Waals surface area contributed by atoms with Crippen molar-refractivity contribution in [2.24, 2.45) is 5.92 Å². The number of hydrogen-bond donors (Lipinski definition) is 2. The van der Waals surface area contributed by atoms with Crippen LogP contribution in [-0.4, -0.2) is 21.5 Å². The third kappa shape index (κ3) is 3.54. The number of rotatable bonds is 7. The van der Waals surface area contributed by atoms with E-state index in [1.165, 1.54) is 17.8 Å². The highest BCUT2D eigenvalue weighted by atomic mass is 32.2. The van der Waals surface area contributed by atoms with Crippen LogP contribution in [0.5, 0.6) is 0 Å². The normalized spacial score (nSPS) is 16.7. The fourth-order valence-electron chi connectivity index (χ4n) is 1.84. The third-order valence-electron chi connectivity index (χ3n) is 3.24. The molecule has 1 aromatic heterocycles. The summed E-state index contributed by atoms with van der Waals surface area (Å²) in [6.45, 7) is 4.24. The molecular weight excluding hydrogens is 268 g/mol. The van der Waals surface area contributed by atoms with Crippen LogP contribution in [0.3, 0.4) is 0 Å². The highest BCUT2D eigenvalue weighted by molar-refractivity contribution is 7.91. The molecule has 0 aliphatic heterocycles. The monoisotopic (exact) mass is 288 g/mol. The van der Waals surface area contributed by atoms with Crippen molar-refractivity contribution in [1.82, 2.24) is 10.0 Å². The van der Waals surface area contributed by atoms with Crippen LogP contribution >= 0.6 is 11.3 Å². The molecule has 1 aliphatic carbocycles. The van der Waals surface area contributed by atoms with E-state index in [0.717, 1.165) is 30.8 Å². The van der Waals surface area contributed by atoms with Crippen molar-refractivity contribution >= 4 is 21.4 Å². The molecule has 4 nitrogen and oxygen atoms in total. The lowest BCUT2D eigenvalue weighted by molar-refractivity contribution is 0.316. The van der Waals surface area contributed by atoms with Crippen molar-refractivity contribution in [2.75, 3.05) is 13.1 Å². The molecule has 1 heterocycles. The predicted octanol–water partition coefficient (Wildman–Crippen LogP) is 1.94. The standard InChI is InChI=1S/C12H20N2O2S2/c1-2-13-9-11-6-7-12(17-11)18(15,16)14-8-10-4-3-5-10/h6-7,10,13-14H,2-5,8-9H2,1H3. The number of hydrogen-bond acceptors (Lipinski definition) is 4. The highest BCUT2D eigenvalue weighted by Crippen LogP contribution is 2.26. The Balaban J connectivity index is 1.93. The second-order valence-corrected chi connectivity index (χ2v) is 7.81. The molecule has 0 radical (unpaired) electrons. The van der Waals surface area contributed by atoms with Gasteiger partial charge in [0.1, 0.15) is 4.21 Å². The van der Waals surface area contributed by atoms with Crippen LogP contribution in [0.25, 0.3) is 0 Å². The summed E-state index contributed by atoms with van der Waals surface area (Å²) in [5.41, 5.74) is 0. The summed E-state index contributed by atoms with van der Waals surface area (Å²) in [4.78, 5) is 1.06. The van der Waals surface area contributed by atoms with E-state index in [-0.39, 0.29) is 0 Å². The molecular formula is C12H20N2O2S2. The van der Waals surface area contributed by atoms with Crippen LogP contribution in [-0.2, 0) is 16.6 Å². The van der Waals surface area contributed by atoms with Gasteiger partial charge in [-0.05, 0) is 37.4 Å². The number of sulfonamides is 1. The Morgan fingerprint density at radius 2 is 2.17 bits per heavy atom. The summed E-state index contributed by atoms with van der Waals surface area (Å²) < 4.78 is 27.2. The summed E-state index contributed by atoms with van der Waals surface area (Å²) >= 11 is 1.34. The Morgan fingerprint density at radius 1 is 1.39 bits per heavy atom. The SMILES string of the molecule is CCNCc1ccc(S(=O)(=O)NCC2CCC2)s1. The zero-order valence-electron chi connectivity index (χ0n) is 10.6. The van der Waals surface area contributed by atoms with Crippen LogP contribution in [0.4, 0.5) is 0 Å². The molecule has 18 heavy (non-hydrogen) atoms. The van der Waals surface area contributed by atoms with Gasteiger partial charge >= 0.3 is 0 Å². The Morgan fingerprint density at radius 3 is 2.78 bits per heavy atom. The predicted molar refractivity (Wildman–Crippen MR) is 74.2 cm³/mol. The summed E-state index contributed by atoms with van der Waals surface area (Å²) in [5, 5.41) is 3.19. The summed E-state index contributed by atoms with van der Waals surface area (Å²) in [5.74, 6) is 0.543. The second-order valence-electron chi connectivity index (χ2n) is 4.65. The fourth-order valence-corrected chi connectivity index (χ4v) is 4.33.